The molecule has 0 aliphatic carbocycles. The van der Waals surface area contributed by atoms with E-state index in [2.05, 4.69) is 34.4 Å². The topological polar surface area (TPSA) is 58.6 Å². The molecule has 0 aromatic heterocycles. The molecule has 1 amide bonds. The maximum absolute atomic E-state index is 11.9. The van der Waals surface area contributed by atoms with Crippen molar-refractivity contribution in [2.75, 3.05) is 13.1 Å². The lowest BCUT2D eigenvalue weighted by atomic mass is 9.81. The normalized spacial score (nSPS) is 15.4. The molecule has 1 atom stereocenters. The highest BCUT2D eigenvalue weighted by Crippen LogP contribution is 2.26. The van der Waals surface area contributed by atoms with E-state index in [1.807, 2.05) is 37.3 Å². The van der Waals surface area contributed by atoms with Gasteiger partial charge in [0.15, 0.2) is 0 Å². The van der Waals surface area contributed by atoms with Crippen molar-refractivity contribution >= 4 is 19.7 Å². The number of alkyl carbamates (subject to hydrolysis) is 1. The molecule has 1 saturated heterocycles. The number of hydrogen-bond donors (Lipinski definition) is 1. The second kappa shape index (κ2) is 9.37. The Bertz CT molecular complexity index is 746. The van der Waals surface area contributed by atoms with Crippen LogP contribution in [0.5, 0.6) is 0 Å². The predicted molar refractivity (Wildman–Crippen MR) is 108 cm³/mol. The molecule has 1 unspecified atom stereocenters. The van der Waals surface area contributed by atoms with Gasteiger partial charge in [-0.2, -0.15) is 0 Å². The van der Waals surface area contributed by atoms with Crippen LogP contribution in [0.25, 0.3) is 0 Å². The quantitative estimate of drug-likeness (QED) is 0.578. The Morgan fingerprint density at radius 3 is 2.56 bits per heavy atom. The molecule has 140 valence electrons. The fourth-order valence-corrected chi connectivity index (χ4v) is 3.33. The number of benzene rings is 2. The van der Waals surface area contributed by atoms with Crippen molar-refractivity contribution in [2.24, 2.45) is 0 Å². The summed E-state index contributed by atoms with van der Waals surface area (Å²) < 4.78 is 5.26. The van der Waals surface area contributed by atoms with Crippen molar-refractivity contribution in [1.82, 2.24) is 10.1 Å². The number of hydrogen-bond acceptors (Lipinski definition) is 4. The van der Waals surface area contributed by atoms with E-state index in [9.17, 15) is 9.59 Å². The average molecular weight is 364 g/mol. The molecular formula is C21H25BN2O3. The molecule has 0 spiro atoms. The van der Waals surface area contributed by atoms with Gasteiger partial charge in [0.1, 0.15) is 6.61 Å². The average Bonchev–Trinajstić information content (AvgIpc) is 2.64. The van der Waals surface area contributed by atoms with Crippen LogP contribution < -0.4 is 5.32 Å². The van der Waals surface area contributed by atoms with E-state index in [1.165, 1.54) is 11.1 Å². The molecule has 6 heteroatoms. The molecule has 0 saturated carbocycles. The molecule has 2 aromatic carbocycles. The minimum Gasteiger partial charge on any atom is -0.445 e. The van der Waals surface area contributed by atoms with Gasteiger partial charge < -0.3 is 19.7 Å². The molecule has 5 nitrogen and oxygen atoms in total. The molecule has 1 fully saturated rings. The Morgan fingerprint density at radius 1 is 1.19 bits per heavy atom. The summed E-state index contributed by atoms with van der Waals surface area (Å²) in [6, 6.07) is 18.2. The van der Waals surface area contributed by atoms with Gasteiger partial charge in [-0.3, -0.25) is 0 Å². The Balaban J connectivity index is 1.40. The van der Waals surface area contributed by atoms with E-state index in [0.29, 0.717) is 13.3 Å². The van der Waals surface area contributed by atoms with Crippen LogP contribution in [0.15, 0.2) is 54.6 Å². The molecule has 27 heavy (non-hydrogen) atoms. The Hall–Kier alpha value is -2.60. The number of rotatable bonds is 8. The van der Waals surface area contributed by atoms with Crippen molar-refractivity contribution in [2.45, 2.75) is 31.9 Å². The van der Waals surface area contributed by atoms with Crippen LogP contribution in [-0.2, 0) is 22.6 Å². The minimum atomic E-state index is -0.396. The fourth-order valence-electron chi connectivity index (χ4n) is 3.33. The number of nitrogens with one attached hydrogen (secondary N) is 1. The van der Waals surface area contributed by atoms with Crippen molar-refractivity contribution in [3.05, 3.63) is 71.3 Å². The molecule has 0 radical (unpaired) electrons. The smallest absolute Gasteiger partial charge is 0.407 e. The van der Waals surface area contributed by atoms with Crippen LogP contribution >= 0.6 is 0 Å². The Morgan fingerprint density at radius 2 is 1.89 bits per heavy atom. The molecule has 3 rings (SSSR count). The first kappa shape index (κ1) is 19.2. The predicted octanol–water partition coefficient (Wildman–Crippen LogP) is 2.48. The van der Waals surface area contributed by atoms with Crippen molar-refractivity contribution in [3.63, 3.8) is 0 Å². The fraction of sp³-hybridized carbons (Fsp3) is 0.333. The Kier molecular flexibility index (Phi) is 6.66. The molecule has 1 N–H and O–H groups in total. The summed E-state index contributed by atoms with van der Waals surface area (Å²) >= 11 is 0. The highest BCUT2D eigenvalue weighted by molar-refractivity contribution is 6.64. The van der Waals surface area contributed by atoms with Gasteiger partial charge in [-0.15, -0.1) is 0 Å². The van der Waals surface area contributed by atoms with Crippen LogP contribution in [0.1, 0.15) is 29.5 Å². The van der Waals surface area contributed by atoms with Crippen LogP contribution in [0.2, 0.25) is 0 Å². The molecule has 2 aromatic rings. The highest BCUT2D eigenvalue weighted by Gasteiger charge is 2.27. The molecule has 1 heterocycles. The van der Waals surface area contributed by atoms with E-state index < -0.39 is 6.09 Å². The maximum atomic E-state index is 11.9. The van der Waals surface area contributed by atoms with Gasteiger partial charge in [0, 0.05) is 12.0 Å². The van der Waals surface area contributed by atoms with Crippen molar-refractivity contribution in [3.8, 4) is 0 Å². The number of nitrogens with zero attached hydrogens (tertiary/aromatic N) is 1. The first-order chi connectivity index (χ1) is 13.1. The molecular weight excluding hydrogens is 339 g/mol. The SMILES string of the molecule is CC(Cc1ccc(C2CN(BC=O)C2)cc1)NC(=O)OCc1ccccc1. The first-order valence-corrected chi connectivity index (χ1v) is 9.36. The van der Waals surface area contributed by atoms with Crippen LogP contribution in [0.4, 0.5) is 4.79 Å². The van der Waals surface area contributed by atoms with E-state index in [1.54, 1.807) is 0 Å². The summed E-state index contributed by atoms with van der Waals surface area (Å²) in [5, 5.41) is 2.88. The zero-order valence-corrected chi connectivity index (χ0v) is 15.6. The van der Waals surface area contributed by atoms with Gasteiger partial charge in [-0.25, -0.2) is 4.79 Å². The summed E-state index contributed by atoms with van der Waals surface area (Å²) in [6.45, 7) is 4.14. The van der Waals surface area contributed by atoms with Crippen molar-refractivity contribution < 1.29 is 14.3 Å². The summed E-state index contributed by atoms with van der Waals surface area (Å²) in [4.78, 5) is 24.6. The maximum Gasteiger partial charge on any atom is 0.407 e. The number of carbonyl (C=O) groups excluding carboxylic acids is 2. The van der Waals surface area contributed by atoms with Gasteiger partial charge in [0.2, 0.25) is 0 Å². The second-order valence-electron chi connectivity index (χ2n) is 7.13. The number of carbonyl (C=O) groups is 2. The van der Waals surface area contributed by atoms with Gasteiger partial charge in [0.25, 0.3) is 7.41 Å². The van der Waals surface area contributed by atoms with Gasteiger partial charge in [-0.05, 0) is 43.1 Å². The van der Waals surface area contributed by atoms with E-state index >= 15 is 0 Å². The monoisotopic (exact) mass is 364 g/mol. The van der Waals surface area contributed by atoms with Crippen LogP contribution in [0.3, 0.4) is 0 Å². The first-order valence-electron chi connectivity index (χ1n) is 9.36. The van der Waals surface area contributed by atoms with Crippen LogP contribution in [-0.4, -0.2) is 43.6 Å². The third-order valence-corrected chi connectivity index (χ3v) is 4.86. The number of ether oxygens (including phenoxy) is 1. The standard InChI is InChI=1S/C21H25BN2O3/c1-16(23-21(26)27-14-18-5-3-2-4-6-18)11-17-7-9-19(10-8-17)20-12-24(13-20)22-15-25/h2-10,15-16,20,22H,11-14H2,1H3,(H,23,26). The largest absolute Gasteiger partial charge is 0.445 e. The van der Waals surface area contributed by atoms with Crippen molar-refractivity contribution in [1.29, 1.82) is 0 Å². The third-order valence-electron chi connectivity index (χ3n) is 4.86. The summed E-state index contributed by atoms with van der Waals surface area (Å²) in [5.41, 5.74) is 3.46. The lowest BCUT2D eigenvalue weighted by Crippen LogP contribution is -2.47. The summed E-state index contributed by atoms with van der Waals surface area (Å²) in [6.07, 6.45) is 1.31. The second-order valence-corrected chi connectivity index (χ2v) is 7.13. The van der Waals surface area contributed by atoms with Crippen LogP contribution in [0, 0.1) is 0 Å². The third kappa shape index (κ3) is 5.69. The highest BCUT2D eigenvalue weighted by atomic mass is 16.5. The molecule has 1 aliphatic rings. The van der Waals surface area contributed by atoms with E-state index in [-0.39, 0.29) is 12.6 Å². The lowest BCUT2D eigenvalue weighted by Gasteiger charge is -2.38. The van der Waals surface area contributed by atoms with Gasteiger partial charge >= 0.3 is 6.09 Å². The summed E-state index contributed by atoms with van der Waals surface area (Å²) in [5.74, 6) is 0.516. The number of amides is 1. The van der Waals surface area contributed by atoms with E-state index in [4.69, 9.17) is 4.74 Å². The zero-order valence-electron chi connectivity index (χ0n) is 15.6. The summed E-state index contributed by atoms with van der Waals surface area (Å²) in [7, 11) is 0.526. The molecule has 1 aliphatic heterocycles. The van der Waals surface area contributed by atoms with Gasteiger partial charge in [0.05, 0.1) is 6.19 Å². The zero-order chi connectivity index (χ0) is 19.1. The lowest BCUT2D eigenvalue weighted by molar-refractivity contribution is 0.136. The van der Waals surface area contributed by atoms with E-state index in [0.717, 1.165) is 31.3 Å². The Labute approximate surface area is 161 Å². The van der Waals surface area contributed by atoms with Gasteiger partial charge in [-0.1, -0.05) is 54.6 Å². The minimum absolute atomic E-state index is 0.00842. The molecule has 0 bridgehead atoms.